The molecule has 3 nitrogen and oxygen atoms in total. The summed E-state index contributed by atoms with van der Waals surface area (Å²) in [5, 5.41) is 0.689. The number of para-hydroxylation sites is 1. The Morgan fingerprint density at radius 1 is 1.37 bits per heavy atom. The van der Waals surface area contributed by atoms with Crippen LogP contribution >= 0.6 is 23.8 Å². The maximum Gasteiger partial charge on any atom is 0.178 e. The van der Waals surface area contributed by atoms with Gasteiger partial charge < -0.3 is 9.55 Å². The zero-order valence-corrected chi connectivity index (χ0v) is 11.9. The zero-order valence-electron chi connectivity index (χ0n) is 10.4. The molecule has 2 aromatic heterocycles. The van der Waals surface area contributed by atoms with Gasteiger partial charge in [-0.3, -0.25) is 4.98 Å². The largest absolute Gasteiger partial charge is 0.329 e. The Labute approximate surface area is 120 Å². The van der Waals surface area contributed by atoms with Crippen molar-refractivity contribution in [2.24, 2.45) is 0 Å². The lowest BCUT2D eigenvalue weighted by Gasteiger charge is -2.07. The predicted octanol–water partition coefficient (Wildman–Crippen LogP) is 4.10. The number of H-pyrrole nitrogens is 1. The molecule has 0 atom stereocenters. The van der Waals surface area contributed by atoms with Crippen LogP contribution in [-0.2, 0) is 6.54 Å². The summed E-state index contributed by atoms with van der Waals surface area (Å²) in [6.07, 6.45) is 3.66. The molecule has 2 heterocycles. The average Bonchev–Trinajstić information content (AvgIpc) is 2.71. The van der Waals surface area contributed by atoms with Gasteiger partial charge in [-0.2, -0.15) is 0 Å². The maximum atomic E-state index is 6.18. The topological polar surface area (TPSA) is 33.6 Å². The van der Waals surface area contributed by atoms with E-state index in [9.17, 15) is 0 Å². The Kier molecular flexibility index (Phi) is 3.12. The van der Waals surface area contributed by atoms with Gasteiger partial charge in [0.1, 0.15) is 0 Å². The first-order chi connectivity index (χ1) is 9.16. The van der Waals surface area contributed by atoms with E-state index in [-0.39, 0.29) is 0 Å². The number of aryl methyl sites for hydroxylation is 1. The van der Waals surface area contributed by atoms with Gasteiger partial charge in [-0.15, -0.1) is 0 Å². The van der Waals surface area contributed by atoms with Crippen LogP contribution in [0.5, 0.6) is 0 Å². The van der Waals surface area contributed by atoms with Crippen LogP contribution in [0.1, 0.15) is 11.1 Å². The first kappa shape index (κ1) is 12.4. The summed E-state index contributed by atoms with van der Waals surface area (Å²) in [6, 6.07) is 7.82. The van der Waals surface area contributed by atoms with Gasteiger partial charge in [0.05, 0.1) is 22.6 Å². The summed E-state index contributed by atoms with van der Waals surface area (Å²) in [7, 11) is 0. The lowest BCUT2D eigenvalue weighted by molar-refractivity contribution is 0.803. The van der Waals surface area contributed by atoms with E-state index in [1.807, 2.05) is 37.4 Å². The van der Waals surface area contributed by atoms with Gasteiger partial charge in [-0.1, -0.05) is 17.7 Å². The molecule has 96 valence electrons. The van der Waals surface area contributed by atoms with Crippen molar-refractivity contribution >= 4 is 34.9 Å². The standard InChI is InChI=1S/C14H12ClN3S/c1-9-7-16-6-5-10(9)8-18-12-4-2-3-11(15)13(12)17-14(18)19/h2-7H,8H2,1H3,(H,17,19). The van der Waals surface area contributed by atoms with E-state index in [0.717, 1.165) is 16.6 Å². The van der Waals surface area contributed by atoms with Crippen molar-refractivity contribution in [2.45, 2.75) is 13.5 Å². The molecule has 0 amide bonds. The Bertz CT molecular complexity index is 804. The fourth-order valence-electron chi connectivity index (χ4n) is 2.15. The van der Waals surface area contributed by atoms with E-state index in [1.165, 1.54) is 5.56 Å². The highest BCUT2D eigenvalue weighted by Gasteiger charge is 2.08. The fourth-order valence-corrected chi connectivity index (χ4v) is 2.63. The van der Waals surface area contributed by atoms with Gasteiger partial charge in [0.25, 0.3) is 0 Å². The molecule has 19 heavy (non-hydrogen) atoms. The van der Waals surface area contributed by atoms with E-state index in [2.05, 4.69) is 14.5 Å². The van der Waals surface area contributed by atoms with Crippen molar-refractivity contribution in [2.75, 3.05) is 0 Å². The number of hydrogen-bond acceptors (Lipinski definition) is 2. The van der Waals surface area contributed by atoms with Crippen LogP contribution in [0, 0.1) is 11.7 Å². The molecule has 0 fully saturated rings. The van der Waals surface area contributed by atoms with Crippen LogP contribution < -0.4 is 0 Å². The SMILES string of the molecule is Cc1cnccc1Cn1c(=S)[nH]c2c(Cl)cccc21. The molecular weight excluding hydrogens is 278 g/mol. The van der Waals surface area contributed by atoms with Crippen molar-refractivity contribution in [3.63, 3.8) is 0 Å². The summed E-state index contributed by atoms with van der Waals surface area (Å²) < 4.78 is 2.73. The first-order valence-electron chi connectivity index (χ1n) is 5.93. The van der Waals surface area contributed by atoms with Gasteiger partial charge >= 0.3 is 0 Å². The number of fused-ring (bicyclic) bond motifs is 1. The molecule has 0 aliphatic rings. The lowest BCUT2D eigenvalue weighted by Crippen LogP contribution is -2.01. The molecule has 0 bridgehead atoms. The van der Waals surface area contributed by atoms with Crippen molar-refractivity contribution in [1.29, 1.82) is 0 Å². The second-order valence-corrected chi connectivity index (χ2v) is 5.25. The number of nitrogens with one attached hydrogen (secondary N) is 1. The zero-order chi connectivity index (χ0) is 13.4. The van der Waals surface area contributed by atoms with Gasteiger partial charge in [-0.25, -0.2) is 0 Å². The third-order valence-electron chi connectivity index (χ3n) is 3.22. The van der Waals surface area contributed by atoms with Crippen LogP contribution in [0.3, 0.4) is 0 Å². The molecule has 0 aliphatic carbocycles. The molecule has 3 aromatic rings. The summed E-state index contributed by atoms with van der Waals surface area (Å²) in [5.74, 6) is 0. The molecule has 1 aromatic carbocycles. The summed E-state index contributed by atoms with van der Waals surface area (Å²) in [5.41, 5.74) is 4.27. The monoisotopic (exact) mass is 289 g/mol. The van der Waals surface area contributed by atoms with Gasteiger partial charge in [-0.05, 0) is 48.5 Å². The first-order valence-corrected chi connectivity index (χ1v) is 6.72. The van der Waals surface area contributed by atoms with Crippen molar-refractivity contribution in [3.05, 3.63) is 57.6 Å². The van der Waals surface area contributed by atoms with E-state index in [1.54, 1.807) is 6.20 Å². The molecule has 0 aliphatic heterocycles. The molecule has 3 rings (SSSR count). The second kappa shape index (κ2) is 4.79. The third-order valence-corrected chi connectivity index (χ3v) is 3.86. The van der Waals surface area contributed by atoms with Crippen LogP contribution in [0.4, 0.5) is 0 Å². The predicted molar refractivity (Wildman–Crippen MR) is 80.2 cm³/mol. The molecule has 0 unspecified atom stereocenters. The van der Waals surface area contributed by atoms with E-state index in [0.29, 0.717) is 16.3 Å². The maximum absolute atomic E-state index is 6.18. The Morgan fingerprint density at radius 3 is 3.00 bits per heavy atom. The number of rotatable bonds is 2. The van der Waals surface area contributed by atoms with Crippen molar-refractivity contribution in [1.82, 2.24) is 14.5 Å². The van der Waals surface area contributed by atoms with Crippen LogP contribution in [0.2, 0.25) is 5.02 Å². The Hall–Kier alpha value is -1.65. The normalized spacial score (nSPS) is 11.1. The fraction of sp³-hybridized carbons (Fsp3) is 0.143. The molecule has 5 heteroatoms. The van der Waals surface area contributed by atoms with Crippen LogP contribution in [0.15, 0.2) is 36.7 Å². The van der Waals surface area contributed by atoms with Gasteiger partial charge in [0, 0.05) is 12.4 Å². The molecular formula is C14H12ClN3S. The summed E-state index contributed by atoms with van der Waals surface area (Å²) >= 11 is 11.6. The highest BCUT2D eigenvalue weighted by Crippen LogP contribution is 2.23. The smallest absolute Gasteiger partial charge is 0.178 e. The Morgan fingerprint density at radius 2 is 2.21 bits per heavy atom. The minimum absolute atomic E-state index is 0.680. The minimum Gasteiger partial charge on any atom is -0.329 e. The lowest BCUT2D eigenvalue weighted by atomic mass is 10.1. The number of hydrogen-bond donors (Lipinski definition) is 1. The molecule has 0 spiro atoms. The molecule has 0 saturated heterocycles. The van der Waals surface area contributed by atoms with Crippen molar-refractivity contribution < 1.29 is 0 Å². The minimum atomic E-state index is 0.680. The molecule has 1 N–H and O–H groups in total. The number of pyridine rings is 1. The third kappa shape index (κ3) is 2.17. The van der Waals surface area contributed by atoms with E-state index in [4.69, 9.17) is 23.8 Å². The summed E-state index contributed by atoms with van der Waals surface area (Å²) in [4.78, 5) is 7.27. The Balaban J connectivity index is 2.16. The molecule has 0 radical (unpaired) electrons. The number of aromatic nitrogens is 3. The van der Waals surface area contributed by atoms with E-state index >= 15 is 0 Å². The number of benzene rings is 1. The highest BCUT2D eigenvalue weighted by molar-refractivity contribution is 7.71. The van der Waals surface area contributed by atoms with E-state index < -0.39 is 0 Å². The number of imidazole rings is 1. The van der Waals surface area contributed by atoms with Crippen molar-refractivity contribution in [3.8, 4) is 0 Å². The summed E-state index contributed by atoms with van der Waals surface area (Å²) in [6.45, 7) is 2.77. The van der Waals surface area contributed by atoms with Gasteiger partial charge in [0.2, 0.25) is 0 Å². The number of halogens is 1. The average molecular weight is 290 g/mol. The number of aromatic amines is 1. The number of nitrogens with zero attached hydrogens (tertiary/aromatic N) is 2. The van der Waals surface area contributed by atoms with Gasteiger partial charge in [0.15, 0.2) is 4.77 Å². The highest BCUT2D eigenvalue weighted by atomic mass is 35.5. The van der Waals surface area contributed by atoms with Crippen LogP contribution in [-0.4, -0.2) is 14.5 Å². The van der Waals surface area contributed by atoms with Crippen LogP contribution in [0.25, 0.3) is 11.0 Å². The molecule has 0 saturated carbocycles. The second-order valence-electron chi connectivity index (χ2n) is 4.45. The quantitative estimate of drug-likeness (QED) is 0.721.